The van der Waals surface area contributed by atoms with Gasteiger partial charge in [0.2, 0.25) is 0 Å². The molecule has 1 saturated heterocycles. The number of carbonyl (C=O) groups excluding carboxylic acids is 1. The SMILES string of the molecule is COc1c(N)cccc1C(=O)N1CCCC(C(F)(F)F)C1. The molecule has 1 amide bonds. The molecule has 0 radical (unpaired) electrons. The van der Waals surface area contributed by atoms with Crippen LogP contribution in [0.25, 0.3) is 0 Å². The minimum absolute atomic E-state index is 0.0569. The Kier molecular flexibility index (Phi) is 4.29. The highest BCUT2D eigenvalue weighted by atomic mass is 19.4. The second-order valence-corrected chi connectivity index (χ2v) is 5.06. The Hall–Kier alpha value is -1.92. The largest absolute Gasteiger partial charge is 0.494 e. The number of likely N-dealkylation sites (tertiary alicyclic amines) is 1. The van der Waals surface area contributed by atoms with Gasteiger partial charge in [0.25, 0.3) is 5.91 Å². The van der Waals surface area contributed by atoms with Gasteiger partial charge in [-0.3, -0.25) is 4.79 Å². The average molecular weight is 302 g/mol. The van der Waals surface area contributed by atoms with E-state index >= 15 is 0 Å². The number of carbonyl (C=O) groups is 1. The summed E-state index contributed by atoms with van der Waals surface area (Å²) in [6, 6.07) is 4.66. The Bertz CT molecular complexity index is 531. The molecule has 0 spiro atoms. The summed E-state index contributed by atoms with van der Waals surface area (Å²) in [6.45, 7) is -0.0103. The maximum atomic E-state index is 12.8. The molecule has 1 aromatic carbocycles. The number of rotatable bonds is 2. The highest BCUT2D eigenvalue weighted by Crippen LogP contribution is 2.34. The van der Waals surface area contributed by atoms with Crippen molar-refractivity contribution in [1.29, 1.82) is 0 Å². The summed E-state index contributed by atoms with van der Waals surface area (Å²) in [7, 11) is 1.37. The van der Waals surface area contributed by atoms with Crippen LogP contribution >= 0.6 is 0 Å². The maximum absolute atomic E-state index is 12.8. The molecule has 0 saturated carbocycles. The fourth-order valence-electron chi connectivity index (χ4n) is 2.55. The molecule has 1 heterocycles. The van der Waals surface area contributed by atoms with Gasteiger partial charge in [0, 0.05) is 13.1 Å². The second-order valence-electron chi connectivity index (χ2n) is 5.06. The molecule has 1 fully saturated rings. The number of para-hydroxylation sites is 1. The zero-order valence-corrected chi connectivity index (χ0v) is 11.6. The predicted molar refractivity (Wildman–Crippen MR) is 72.1 cm³/mol. The molecule has 1 unspecified atom stereocenters. The maximum Gasteiger partial charge on any atom is 0.393 e. The number of amides is 1. The number of alkyl halides is 3. The van der Waals surface area contributed by atoms with E-state index in [0.29, 0.717) is 13.0 Å². The van der Waals surface area contributed by atoms with Gasteiger partial charge in [0.15, 0.2) is 5.75 Å². The highest BCUT2D eigenvalue weighted by Gasteiger charge is 2.43. The number of nitrogen functional groups attached to an aromatic ring is 1. The number of ether oxygens (including phenoxy) is 1. The van der Waals surface area contributed by atoms with Crippen molar-refractivity contribution in [2.75, 3.05) is 25.9 Å². The fourth-order valence-corrected chi connectivity index (χ4v) is 2.55. The quantitative estimate of drug-likeness (QED) is 0.855. The van der Waals surface area contributed by atoms with E-state index < -0.39 is 18.0 Å². The van der Waals surface area contributed by atoms with E-state index in [4.69, 9.17) is 10.5 Å². The number of benzene rings is 1. The zero-order valence-electron chi connectivity index (χ0n) is 11.6. The molecule has 0 aliphatic carbocycles. The van der Waals surface area contributed by atoms with Crippen LogP contribution in [0.3, 0.4) is 0 Å². The lowest BCUT2D eigenvalue weighted by molar-refractivity contribution is -0.184. The van der Waals surface area contributed by atoms with Gasteiger partial charge in [-0.25, -0.2) is 0 Å². The van der Waals surface area contributed by atoms with Crippen LogP contribution in [0.2, 0.25) is 0 Å². The molecule has 4 nitrogen and oxygen atoms in total. The van der Waals surface area contributed by atoms with Gasteiger partial charge in [0.05, 0.1) is 24.3 Å². The van der Waals surface area contributed by atoms with E-state index in [1.165, 1.54) is 18.1 Å². The standard InChI is InChI=1S/C14H17F3N2O2/c1-21-12-10(5-2-6-11(12)18)13(20)19-7-3-4-9(8-19)14(15,16)17/h2,5-6,9H,3-4,7-8,18H2,1H3. The number of hydrogen-bond acceptors (Lipinski definition) is 3. The monoisotopic (exact) mass is 302 g/mol. The highest BCUT2D eigenvalue weighted by molar-refractivity contribution is 5.98. The summed E-state index contributed by atoms with van der Waals surface area (Å²) >= 11 is 0. The van der Waals surface area contributed by atoms with Gasteiger partial charge >= 0.3 is 6.18 Å². The smallest absolute Gasteiger partial charge is 0.393 e. The van der Waals surface area contributed by atoms with Crippen LogP contribution in [0, 0.1) is 5.92 Å². The normalized spacial score (nSPS) is 19.4. The van der Waals surface area contributed by atoms with Gasteiger partial charge < -0.3 is 15.4 Å². The zero-order chi connectivity index (χ0) is 15.6. The summed E-state index contributed by atoms with van der Waals surface area (Å²) in [5, 5.41) is 0. The van der Waals surface area contributed by atoms with Crippen molar-refractivity contribution in [3.8, 4) is 5.75 Å². The van der Waals surface area contributed by atoms with Crippen LogP contribution in [-0.2, 0) is 0 Å². The van der Waals surface area contributed by atoms with Gasteiger partial charge in [-0.2, -0.15) is 13.2 Å². The molecule has 1 aliphatic heterocycles. The van der Waals surface area contributed by atoms with Gasteiger partial charge in [-0.05, 0) is 25.0 Å². The van der Waals surface area contributed by atoms with Crippen molar-refractivity contribution in [1.82, 2.24) is 4.90 Å². The molecule has 0 bridgehead atoms. The van der Waals surface area contributed by atoms with Crippen molar-refractivity contribution >= 4 is 11.6 Å². The van der Waals surface area contributed by atoms with E-state index in [-0.39, 0.29) is 30.0 Å². The summed E-state index contributed by atoms with van der Waals surface area (Å²) < 4.78 is 43.5. The summed E-state index contributed by atoms with van der Waals surface area (Å²) in [4.78, 5) is 13.6. The van der Waals surface area contributed by atoms with Gasteiger partial charge in [0.1, 0.15) is 0 Å². The Morgan fingerprint density at radius 3 is 2.76 bits per heavy atom. The van der Waals surface area contributed by atoms with Crippen LogP contribution in [0.1, 0.15) is 23.2 Å². The van der Waals surface area contributed by atoms with Crippen molar-refractivity contribution in [2.24, 2.45) is 5.92 Å². The molecule has 2 rings (SSSR count). The van der Waals surface area contributed by atoms with Crippen LogP contribution < -0.4 is 10.5 Å². The van der Waals surface area contributed by atoms with E-state index in [0.717, 1.165) is 0 Å². The lowest BCUT2D eigenvalue weighted by Crippen LogP contribution is -2.44. The third-order valence-corrected chi connectivity index (χ3v) is 3.65. The Morgan fingerprint density at radius 2 is 2.14 bits per heavy atom. The molecule has 1 aromatic rings. The Morgan fingerprint density at radius 1 is 1.43 bits per heavy atom. The molecule has 1 aliphatic rings. The van der Waals surface area contributed by atoms with E-state index in [9.17, 15) is 18.0 Å². The summed E-state index contributed by atoms with van der Waals surface area (Å²) in [6.07, 6.45) is -3.89. The summed E-state index contributed by atoms with van der Waals surface area (Å²) in [5.74, 6) is -1.74. The minimum atomic E-state index is -4.28. The first-order valence-electron chi connectivity index (χ1n) is 6.63. The molecular formula is C14H17F3N2O2. The fraction of sp³-hybridized carbons (Fsp3) is 0.500. The molecule has 7 heteroatoms. The van der Waals surface area contributed by atoms with Crippen molar-refractivity contribution < 1.29 is 22.7 Å². The lowest BCUT2D eigenvalue weighted by Gasteiger charge is -2.34. The number of nitrogens with two attached hydrogens (primary N) is 1. The lowest BCUT2D eigenvalue weighted by atomic mass is 9.96. The first-order chi connectivity index (χ1) is 9.84. The number of anilines is 1. The first-order valence-corrected chi connectivity index (χ1v) is 6.63. The minimum Gasteiger partial charge on any atom is -0.494 e. The molecule has 0 aromatic heterocycles. The number of methoxy groups -OCH3 is 1. The molecule has 1 atom stereocenters. The number of piperidine rings is 1. The molecule has 2 N–H and O–H groups in total. The van der Waals surface area contributed by atoms with Crippen molar-refractivity contribution in [2.45, 2.75) is 19.0 Å². The van der Waals surface area contributed by atoms with Crippen molar-refractivity contribution in [3.63, 3.8) is 0 Å². The predicted octanol–water partition coefficient (Wildman–Crippen LogP) is 2.69. The van der Waals surface area contributed by atoms with Gasteiger partial charge in [-0.15, -0.1) is 0 Å². The summed E-state index contributed by atoms with van der Waals surface area (Å²) in [5.41, 5.74) is 6.20. The number of nitrogens with zero attached hydrogens (tertiary/aromatic N) is 1. The van der Waals surface area contributed by atoms with Crippen LogP contribution in [0.4, 0.5) is 18.9 Å². The van der Waals surface area contributed by atoms with E-state index in [1.54, 1.807) is 12.1 Å². The third kappa shape index (κ3) is 3.22. The second kappa shape index (κ2) is 5.83. The van der Waals surface area contributed by atoms with E-state index in [1.807, 2.05) is 0 Å². The Balaban J connectivity index is 2.22. The first kappa shape index (κ1) is 15.5. The molecule has 116 valence electrons. The van der Waals surface area contributed by atoms with E-state index in [2.05, 4.69) is 0 Å². The number of halogens is 3. The number of hydrogen-bond donors (Lipinski definition) is 1. The average Bonchev–Trinajstić information content (AvgIpc) is 2.45. The van der Waals surface area contributed by atoms with Crippen LogP contribution in [0.5, 0.6) is 5.75 Å². The topological polar surface area (TPSA) is 55.6 Å². The molecular weight excluding hydrogens is 285 g/mol. The van der Waals surface area contributed by atoms with Gasteiger partial charge in [-0.1, -0.05) is 6.07 Å². The molecule has 21 heavy (non-hydrogen) atoms. The van der Waals surface area contributed by atoms with Crippen LogP contribution in [0.15, 0.2) is 18.2 Å². The Labute approximate surface area is 120 Å². The van der Waals surface area contributed by atoms with Crippen LogP contribution in [-0.4, -0.2) is 37.2 Å². The third-order valence-electron chi connectivity index (χ3n) is 3.65. The van der Waals surface area contributed by atoms with Crippen molar-refractivity contribution in [3.05, 3.63) is 23.8 Å².